The highest BCUT2D eigenvalue weighted by atomic mass is 32.2. The molecular weight excluding hydrogens is 1360 g/mol. The van der Waals surface area contributed by atoms with Gasteiger partial charge in [-0.15, -0.1) is 0 Å². The van der Waals surface area contributed by atoms with Gasteiger partial charge in [0.25, 0.3) is 6.71 Å². The maximum atomic E-state index is 18.7. The molecule has 0 aliphatic carbocycles. The predicted molar refractivity (Wildman–Crippen MR) is 446 cm³/mol. The van der Waals surface area contributed by atoms with E-state index in [1.54, 1.807) is 23.1 Å². The first kappa shape index (κ1) is 65.3. The zero-order valence-corrected chi connectivity index (χ0v) is 59.5. The van der Waals surface area contributed by atoms with Crippen molar-refractivity contribution < 1.29 is 17.6 Å². The van der Waals surface area contributed by atoms with Crippen LogP contribution < -0.4 is 57.3 Å². The summed E-state index contributed by atoms with van der Waals surface area (Å²) in [6.07, 6.45) is -5.07. The van der Waals surface area contributed by atoms with E-state index in [1.807, 2.05) is 152 Å². The van der Waals surface area contributed by atoms with Crippen LogP contribution in [0, 0.1) is 5.82 Å². The second kappa shape index (κ2) is 26.6. The van der Waals surface area contributed by atoms with E-state index >= 15 is 17.6 Å². The van der Waals surface area contributed by atoms with Gasteiger partial charge in [-0.1, -0.05) is 302 Å². The van der Waals surface area contributed by atoms with Crippen LogP contribution in [-0.2, 0) is 6.18 Å². The molecule has 12 heteroatoms. The van der Waals surface area contributed by atoms with Crippen LogP contribution in [-0.4, -0.2) is 13.4 Å². The topological polar surface area (TPSA) is 16.2 Å². The minimum absolute atomic E-state index is 0.0401. The van der Waals surface area contributed by atoms with E-state index < -0.39 is 31.0 Å². The van der Waals surface area contributed by atoms with Gasteiger partial charge < -0.3 is 24.5 Å². The van der Waals surface area contributed by atoms with Gasteiger partial charge in [-0.05, 0) is 147 Å². The fourth-order valence-electron chi connectivity index (χ4n) is 17.3. The largest absolute Gasteiger partial charge is 0.419 e. The SMILES string of the molecule is Fc1ccccc1N1c2cc(N(c3ccccc3)c3c(-c4ccccc4)cccc3-c3ccccc3)cc3c2B(c2ccccc2N3c2c(-c3ccccc3)cccc2-c2ccccc2)c2cc3c(c(C(F)(F)F)c21)Sc1cc(N(c2ccccc2)c2ccccc2)cc2c1B3c1ccccc1N2c1ccccc1. The van der Waals surface area contributed by atoms with Crippen molar-refractivity contribution in [3.63, 3.8) is 0 Å². The Morgan fingerprint density at radius 2 is 0.661 bits per heavy atom. The molecule has 4 aliphatic rings. The van der Waals surface area contributed by atoms with Crippen molar-refractivity contribution in [2.45, 2.75) is 16.0 Å². The van der Waals surface area contributed by atoms with E-state index in [2.05, 4.69) is 226 Å². The third-order valence-corrected chi connectivity index (χ3v) is 22.9. The van der Waals surface area contributed by atoms with Crippen LogP contribution in [0.15, 0.2) is 392 Å². The molecule has 16 aromatic carbocycles. The lowest BCUT2D eigenvalue weighted by Crippen LogP contribution is -2.65. The number of nitrogens with zero attached hydrogens (tertiary/aromatic N) is 5. The zero-order valence-electron chi connectivity index (χ0n) is 58.7. The molecule has 0 spiro atoms. The van der Waals surface area contributed by atoms with E-state index in [9.17, 15) is 0 Å². The Kier molecular flexibility index (Phi) is 15.9. The molecule has 0 saturated heterocycles. The number of hydrogen-bond acceptors (Lipinski definition) is 6. The summed E-state index contributed by atoms with van der Waals surface area (Å²) in [5.41, 5.74) is 20.7. The third-order valence-electron chi connectivity index (χ3n) is 21.7. The molecule has 0 saturated carbocycles. The van der Waals surface area contributed by atoms with Crippen LogP contribution in [0.4, 0.5) is 103 Å². The van der Waals surface area contributed by atoms with E-state index in [0.29, 0.717) is 38.3 Å². The van der Waals surface area contributed by atoms with Crippen molar-refractivity contribution in [1.29, 1.82) is 0 Å². The van der Waals surface area contributed by atoms with Crippen molar-refractivity contribution in [3.05, 3.63) is 394 Å². The molecule has 0 N–H and O–H groups in total. The highest BCUT2D eigenvalue weighted by molar-refractivity contribution is 8.00. The summed E-state index contributed by atoms with van der Waals surface area (Å²) in [5, 5.41) is 0. The number of benzene rings is 16. The van der Waals surface area contributed by atoms with Crippen LogP contribution in [0.25, 0.3) is 44.5 Å². The number of rotatable bonds is 13. The molecule has 5 nitrogen and oxygen atoms in total. The summed E-state index contributed by atoms with van der Waals surface area (Å²) >= 11 is 1.15. The van der Waals surface area contributed by atoms with Gasteiger partial charge in [0.15, 0.2) is 0 Å². The fraction of sp³-hybridized carbons (Fsp3) is 0.0103. The Morgan fingerprint density at radius 3 is 1.15 bits per heavy atom. The molecule has 0 atom stereocenters. The molecule has 0 radical (unpaired) electrons. The molecule has 16 aromatic rings. The van der Waals surface area contributed by atoms with Crippen LogP contribution in [0.3, 0.4) is 0 Å². The Bertz CT molecular complexity index is 6030. The molecule has 20 rings (SSSR count). The number of hydrogen-bond donors (Lipinski definition) is 0. The molecule has 0 amide bonds. The lowest BCUT2D eigenvalue weighted by Gasteiger charge is -2.47. The summed E-state index contributed by atoms with van der Waals surface area (Å²) in [7, 11) is 0. The van der Waals surface area contributed by atoms with Crippen molar-refractivity contribution in [1.82, 2.24) is 0 Å². The first-order valence-corrected chi connectivity index (χ1v) is 37.5. The Hall–Kier alpha value is -13.3. The molecule has 0 aromatic heterocycles. The number of anilines is 15. The van der Waals surface area contributed by atoms with Gasteiger partial charge in [-0.25, -0.2) is 4.39 Å². The molecular formula is C97H63B2F4N5S. The van der Waals surface area contributed by atoms with Gasteiger partial charge in [0.05, 0.1) is 34.0 Å². The van der Waals surface area contributed by atoms with Crippen LogP contribution in [0.5, 0.6) is 0 Å². The lowest BCUT2D eigenvalue weighted by atomic mass is 9.30. The monoisotopic (exact) mass is 1430 g/mol. The maximum absolute atomic E-state index is 18.7. The van der Waals surface area contributed by atoms with Crippen molar-refractivity contribution in [2.75, 3.05) is 24.5 Å². The highest BCUT2D eigenvalue weighted by Gasteiger charge is 2.53. The molecule has 0 bridgehead atoms. The maximum Gasteiger partial charge on any atom is 0.419 e. The lowest BCUT2D eigenvalue weighted by molar-refractivity contribution is -0.139. The highest BCUT2D eigenvalue weighted by Crippen LogP contribution is 2.58. The molecule has 4 heterocycles. The van der Waals surface area contributed by atoms with Crippen molar-refractivity contribution in [2.24, 2.45) is 0 Å². The van der Waals surface area contributed by atoms with E-state index in [4.69, 9.17) is 0 Å². The summed E-state index contributed by atoms with van der Waals surface area (Å²) in [6, 6.07) is 128. The number of alkyl halides is 3. The molecule has 4 aliphatic heterocycles. The van der Waals surface area contributed by atoms with Crippen LogP contribution >= 0.6 is 11.8 Å². The summed E-state index contributed by atoms with van der Waals surface area (Å²) < 4.78 is 74.5. The first-order valence-electron chi connectivity index (χ1n) is 36.6. The Morgan fingerprint density at radius 1 is 0.284 bits per heavy atom. The van der Waals surface area contributed by atoms with E-state index in [0.717, 1.165) is 130 Å². The van der Waals surface area contributed by atoms with Crippen molar-refractivity contribution in [3.8, 4) is 44.5 Å². The minimum atomic E-state index is -5.07. The predicted octanol–water partition coefficient (Wildman–Crippen LogP) is 23.3. The second-order valence-corrected chi connectivity index (χ2v) is 28.9. The zero-order chi connectivity index (χ0) is 72.8. The average molecular weight is 1430 g/mol. The third kappa shape index (κ3) is 10.9. The fourth-order valence-corrected chi connectivity index (χ4v) is 18.6. The van der Waals surface area contributed by atoms with Gasteiger partial charge in [-0.2, -0.15) is 13.2 Å². The quantitative estimate of drug-likeness (QED) is 0.0839. The Balaban J connectivity index is 0.940. The number of fused-ring (bicyclic) bond motifs is 8. The standard InChI is InChI=1S/C97H63B2F4N5S/c100-82-55-27-30-58-85(82)108-87-60-72(105(70-45-21-7-22-46-70)93-74(64-33-9-1-10-34-64)49-31-50-75(93)65-35-11-2-12-36-65)59-86-91(87)98(79-54-26-29-57-84(79)107(86)94-76(66-37-13-3-14-38-66)51-32-52-77(94)67-39-15-4-16-40-67)80-63-81-96(90(95(80)108)97(101,102)103)109-89-62-73(104(68-41-17-5-18-42-68)69-43-19-6-20-44-69)61-88-92(89)99(81)78-53-25-28-56-83(78)106(88)71-47-23-8-24-48-71/h1-63H. The summed E-state index contributed by atoms with van der Waals surface area (Å²) in [4.78, 5) is 11.4. The van der Waals surface area contributed by atoms with Gasteiger partial charge in [0.2, 0.25) is 6.71 Å². The van der Waals surface area contributed by atoms with Crippen molar-refractivity contribution >= 4 is 143 Å². The normalized spacial score (nSPS) is 12.8. The van der Waals surface area contributed by atoms with Gasteiger partial charge in [0, 0.05) is 88.9 Å². The van der Waals surface area contributed by atoms with E-state index in [-0.39, 0.29) is 16.3 Å². The number of para-hydroxylation sites is 9. The smallest absolute Gasteiger partial charge is 0.311 e. The van der Waals surface area contributed by atoms with Crippen LogP contribution in [0.1, 0.15) is 5.56 Å². The summed E-state index contributed by atoms with van der Waals surface area (Å²) in [6.45, 7) is -1.62. The van der Waals surface area contributed by atoms with Gasteiger partial charge in [0.1, 0.15) is 5.82 Å². The average Bonchev–Trinajstić information content (AvgIpc) is 0.679. The van der Waals surface area contributed by atoms with E-state index in [1.165, 1.54) is 6.07 Å². The van der Waals surface area contributed by atoms with Gasteiger partial charge in [-0.3, -0.25) is 0 Å². The molecule has 0 unspecified atom stereocenters. The second-order valence-electron chi connectivity index (χ2n) is 27.8. The molecule has 0 fully saturated rings. The Labute approximate surface area is 635 Å². The minimum Gasteiger partial charge on any atom is -0.311 e. The molecule has 109 heavy (non-hydrogen) atoms. The van der Waals surface area contributed by atoms with Gasteiger partial charge >= 0.3 is 6.18 Å². The first-order chi connectivity index (χ1) is 53.7. The number of halogens is 4. The summed E-state index contributed by atoms with van der Waals surface area (Å²) in [5.74, 6) is -0.692. The van der Waals surface area contributed by atoms with Crippen LogP contribution in [0.2, 0.25) is 0 Å². The molecule has 516 valence electrons.